The van der Waals surface area contributed by atoms with Crippen LogP contribution in [0.25, 0.3) is 11.1 Å². The van der Waals surface area contributed by atoms with E-state index in [0.29, 0.717) is 18.6 Å². The number of carbonyl (C=O) groups excluding carboxylic acids is 2. The Hall–Kier alpha value is -3.16. The molecule has 178 valence electrons. The summed E-state index contributed by atoms with van der Waals surface area (Å²) in [5, 5.41) is 2.50. The molecule has 1 aliphatic rings. The van der Waals surface area contributed by atoms with Crippen LogP contribution < -0.4 is 10.2 Å². The third kappa shape index (κ3) is 6.66. The number of rotatable bonds is 6. The Labute approximate surface area is 196 Å². The van der Waals surface area contributed by atoms with Crippen LogP contribution in [0.15, 0.2) is 36.7 Å². The van der Waals surface area contributed by atoms with Crippen molar-refractivity contribution in [2.45, 2.75) is 71.7 Å². The zero-order chi connectivity index (χ0) is 24.2. The lowest BCUT2D eigenvalue weighted by atomic mass is 10.1. The second kappa shape index (κ2) is 10.2. The second-order valence-corrected chi connectivity index (χ2v) is 9.76. The molecular formula is C25H35N5O3. The molecule has 2 amide bonds. The molecule has 0 radical (unpaired) electrons. The van der Waals surface area contributed by atoms with Crippen molar-refractivity contribution in [1.82, 2.24) is 20.2 Å². The number of nitrogens with zero attached hydrogens (tertiary/aromatic N) is 4. The van der Waals surface area contributed by atoms with Gasteiger partial charge in [0.05, 0.1) is 0 Å². The molecule has 33 heavy (non-hydrogen) atoms. The summed E-state index contributed by atoms with van der Waals surface area (Å²) >= 11 is 0. The van der Waals surface area contributed by atoms with Gasteiger partial charge in [-0.3, -0.25) is 4.79 Å². The summed E-state index contributed by atoms with van der Waals surface area (Å²) in [5.74, 6) is 0.572. The first-order chi connectivity index (χ1) is 15.5. The number of carbonyl (C=O) groups is 2. The molecule has 2 atom stereocenters. The van der Waals surface area contributed by atoms with Crippen molar-refractivity contribution in [2.75, 3.05) is 18.5 Å². The molecule has 0 saturated carbocycles. The normalized spacial score (nSPS) is 18.2. The lowest BCUT2D eigenvalue weighted by molar-refractivity contribution is -0.129. The molecule has 1 saturated heterocycles. The number of amides is 2. The fraction of sp³-hybridized carbons (Fsp3) is 0.520. The third-order valence-corrected chi connectivity index (χ3v) is 5.71. The number of likely N-dealkylation sites (N-methyl/N-ethyl adjacent to an activating group) is 1. The van der Waals surface area contributed by atoms with Crippen molar-refractivity contribution in [3.63, 3.8) is 0 Å². The molecule has 1 aromatic heterocycles. The molecule has 1 fully saturated rings. The van der Waals surface area contributed by atoms with Gasteiger partial charge in [-0.2, -0.15) is 0 Å². The molecule has 2 heterocycles. The van der Waals surface area contributed by atoms with Gasteiger partial charge < -0.3 is 19.9 Å². The topological polar surface area (TPSA) is 87.7 Å². The lowest BCUT2D eigenvalue weighted by Gasteiger charge is -2.26. The third-order valence-electron chi connectivity index (χ3n) is 5.71. The predicted octanol–water partition coefficient (Wildman–Crippen LogP) is 4.00. The van der Waals surface area contributed by atoms with Crippen molar-refractivity contribution in [3.05, 3.63) is 42.2 Å². The summed E-state index contributed by atoms with van der Waals surface area (Å²) in [5.41, 5.74) is 2.30. The van der Waals surface area contributed by atoms with Crippen molar-refractivity contribution in [1.29, 1.82) is 0 Å². The first-order valence-electron chi connectivity index (χ1n) is 11.4. The van der Waals surface area contributed by atoms with Gasteiger partial charge in [0.2, 0.25) is 11.9 Å². The van der Waals surface area contributed by atoms with E-state index in [1.165, 1.54) is 0 Å². The fourth-order valence-corrected chi connectivity index (χ4v) is 4.00. The van der Waals surface area contributed by atoms with E-state index in [0.717, 1.165) is 35.5 Å². The maximum atomic E-state index is 12.4. The number of anilines is 1. The summed E-state index contributed by atoms with van der Waals surface area (Å²) < 4.78 is 5.17. The average molecular weight is 454 g/mol. The smallest absolute Gasteiger partial charge is 0.408 e. The van der Waals surface area contributed by atoms with Crippen molar-refractivity contribution >= 4 is 17.9 Å². The molecule has 2 aromatic rings. The van der Waals surface area contributed by atoms with E-state index in [1.807, 2.05) is 36.7 Å². The monoisotopic (exact) mass is 453 g/mol. The number of nitrogens with one attached hydrogen (secondary N) is 1. The van der Waals surface area contributed by atoms with Gasteiger partial charge in [0.1, 0.15) is 12.1 Å². The molecule has 8 heteroatoms. The van der Waals surface area contributed by atoms with Gasteiger partial charge in [0, 0.05) is 43.6 Å². The van der Waals surface area contributed by atoms with Crippen molar-refractivity contribution in [2.24, 2.45) is 0 Å². The highest BCUT2D eigenvalue weighted by atomic mass is 16.6. The number of ether oxygens (including phenoxy) is 1. The minimum Gasteiger partial charge on any atom is -0.444 e. The molecule has 1 aromatic carbocycles. The van der Waals surface area contributed by atoms with E-state index in [-0.39, 0.29) is 12.5 Å². The number of aromatic nitrogens is 2. The zero-order valence-electron chi connectivity index (χ0n) is 20.5. The van der Waals surface area contributed by atoms with E-state index >= 15 is 0 Å². The minimum absolute atomic E-state index is 0.117. The Kier molecular flexibility index (Phi) is 7.56. The van der Waals surface area contributed by atoms with Crippen LogP contribution in [-0.4, -0.2) is 58.1 Å². The van der Waals surface area contributed by atoms with E-state index in [2.05, 4.69) is 34.0 Å². The molecule has 3 rings (SSSR count). The number of hydrogen-bond donors (Lipinski definition) is 1. The van der Waals surface area contributed by atoms with Crippen molar-refractivity contribution < 1.29 is 14.3 Å². The highest BCUT2D eigenvalue weighted by Gasteiger charge is 2.29. The van der Waals surface area contributed by atoms with Crippen LogP contribution in [0.5, 0.6) is 0 Å². The van der Waals surface area contributed by atoms with Gasteiger partial charge in [-0.15, -0.1) is 0 Å². The van der Waals surface area contributed by atoms with Crippen LogP contribution in [-0.2, 0) is 16.1 Å². The maximum absolute atomic E-state index is 12.4. The van der Waals surface area contributed by atoms with E-state index in [1.54, 1.807) is 32.7 Å². The van der Waals surface area contributed by atoms with Crippen LogP contribution >= 0.6 is 0 Å². The molecule has 1 N–H and O–H groups in total. The summed E-state index contributed by atoms with van der Waals surface area (Å²) in [6, 6.07) is 8.87. The summed E-state index contributed by atoms with van der Waals surface area (Å²) in [7, 11) is 1.71. The second-order valence-electron chi connectivity index (χ2n) is 9.76. The zero-order valence-corrected chi connectivity index (χ0v) is 20.5. The van der Waals surface area contributed by atoms with Gasteiger partial charge in [0.25, 0.3) is 0 Å². The maximum Gasteiger partial charge on any atom is 0.408 e. The fourth-order valence-electron chi connectivity index (χ4n) is 4.00. The molecule has 0 aliphatic carbocycles. The van der Waals surface area contributed by atoms with E-state index in [9.17, 15) is 9.59 Å². The number of benzene rings is 1. The molecule has 0 bridgehead atoms. The SMILES string of the molecule is CC1CCC(C)N1c1ncc(-c2cccc(CN(C)C(=O)CNC(=O)OC(C)(C)C)c2)cn1. The molecule has 8 nitrogen and oxygen atoms in total. The first-order valence-corrected chi connectivity index (χ1v) is 11.4. The van der Waals surface area contributed by atoms with Crippen LogP contribution in [0, 0.1) is 0 Å². The Bertz CT molecular complexity index is 961. The molecular weight excluding hydrogens is 418 g/mol. The molecule has 2 unspecified atom stereocenters. The largest absolute Gasteiger partial charge is 0.444 e. The molecule has 1 aliphatic heterocycles. The quantitative estimate of drug-likeness (QED) is 0.711. The van der Waals surface area contributed by atoms with Crippen molar-refractivity contribution in [3.8, 4) is 11.1 Å². The summed E-state index contributed by atoms with van der Waals surface area (Å²) in [4.78, 5) is 37.3. The highest BCUT2D eigenvalue weighted by molar-refractivity contribution is 5.82. The van der Waals surface area contributed by atoms with Gasteiger partial charge >= 0.3 is 6.09 Å². The van der Waals surface area contributed by atoms with Crippen LogP contribution in [0.1, 0.15) is 53.0 Å². The Morgan fingerprint density at radius 1 is 1.12 bits per heavy atom. The summed E-state index contributed by atoms with van der Waals surface area (Å²) in [6.45, 7) is 10.1. The average Bonchev–Trinajstić information content (AvgIpc) is 3.09. The lowest BCUT2D eigenvalue weighted by Crippen LogP contribution is -2.40. The van der Waals surface area contributed by atoms with Crippen LogP contribution in [0.3, 0.4) is 0 Å². The Morgan fingerprint density at radius 2 is 1.76 bits per heavy atom. The number of alkyl carbamates (subject to hydrolysis) is 1. The van der Waals surface area contributed by atoms with Crippen LogP contribution in [0.2, 0.25) is 0 Å². The first kappa shape index (κ1) is 24.5. The van der Waals surface area contributed by atoms with Gasteiger partial charge in [0.15, 0.2) is 0 Å². The predicted molar refractivity (Wildman–Crippen MR) is 129 cm³/mol. The number of hydrogen-bond acceptors (Lipinski definition) is 6. The van der Waals surface area contributed by atoms with E-state index in [4.69, 9.17) is 4.74 Å². The standard InChI is InChI=1S/C25H35N5O3/c1-17-10-11-18(2)30(17)23-26-13-21(14-27-23)20-9-7-8-19(12-20)16-29(6)22(31)15-28-24(32)33-25(3,4)5/h7-9,12-14,17-18H,10-11,15-16H2,1-6H3,(H,28,32). The van der Waals surface area contributed by atoms with E-state index < -0.39 is 11.7 Å². The summed E-state index contributed by atoms with van der Waals surface area (Å²) in [6.07, 6.45) is 5.44. The van der Waals surface area contributed by atoms with Gasteiger partial charge in [-0.1, -0.05) is 18.2 Å². The minimum atomic E-state index is -0.605. The Balaban J connectivity index is 1.60. The molecule has 0 spiro atoms. The Morgan fingerprint density at radius 3 is 2.36 bits per heavy atom. The highest BCUT2D eigenvalue weighted by Crippen LogP contribution is 2.28. The van der Waals surface area contributed by atoms with Gasteiger partial charge in [-0.25, -0.2) is 14.8 Å². The van der Waals surface area contributed by atoms with Gasteiger partial charge in [-0.05, 0) is 64.7 Å². The van der Waals surface area contributed by atoms with Crippen LogP contribution in [0.4, 0.5) is 10.7 Å².